The third kappa shape index (κ3) is 2.74. The Morgan fingerprint density at radius 3 is 2.03 bits per heavy atom. The van der Waals surface area contributed by atoms with Crippen LogP contribution in [-0.4, -0.2) is 9.78 Å². The van der Waals surface area contributed by atoms with Crippen molar-refractivity contribution in [1.29, 1.82) is 0 Å². The SMILES string of the molecule is C=C1c2ccccc2-c2n(nc(-c3ccccc3)[n+]2-c2c(C)cccc2C)C1(CC)CC. The number of aromatic nitrogens is 3. The predicted molar refractivity (Wildman–Crippen MR) is 132 cm³/mol. The molecule has 0 fully saturated rings. The van der Waals surface area contributed by atoms with Crippen molar-refractivity contribution in [3.63, 3.8) is 0 Å². The molecule has 4 aromatic rings. The van der Waals surface area contributed by atoms with E-state index in [1.165, 1.54) is 27.9 Å². The summed E-state index contributed by atoms with van der Waals surface area (Å²) in [7, 11) is 0. The fourth-order valence-electron chi connectivity index (χ4n) is 5.36. The van der Waals surface area contributed by atoms with Crippen molar-refractivity contribution in [3.8, 4) is 28.5 Å². The van der Waals surface area contributed by atoms with Gasteiger partial charge in [0.25, 0.3) is 5.82 Å². The fraction of sp³-hybridized carbons (Fsp3) is 0.241. The highest BCUT2D eigenvalue weighted by molar-refractivity contribution is 5.84. The van der Waals surface area contributed by atoms with E-state index in [0.29, 0.717) is 0 Å². The van der Waals surface area contributed by atoms with E-state index in [2.05, 4.69) is 116 Å². The molecule has 3 heteroatoms. The van der Waals surface area contributed by atoms with E-state index in [4.69, 9.17) is 5.10 Å². The molecule has 0 saturated carbocycles. The summed E-state index contributed by atoms with van der Waals surface area (Å²) in [5, 5.41) is 5.34. The van der Waals surface area contributed by atoms with Crippen LogP contribution in [0.25, 0.3) is 34.0 Å². The topological polar surface area (TPSA) is 21.7 Å². The number of aryl methyl sites for hydroxylation is 2. The Bertz CT molecular complexity index is 1300. The van der Waals surface area contributed by atoms with Gasteiger partial charge in [-0.15, -0.1) is 0 Å². The molecule has 0 unspecified atom stereocenters. The number of allylic oxidation sites excluding steroid dienone is 1. The minimum Gasteiger partial charge on any atom is -0.189 e. The average Bonchev–Trinajstić information content (AvgIpc) is 3.21. The predicted octanol–water partition coefficient (Wildman–Crippen LogP) is 6.65. The Hall–Kier alpha value is -3.46. The lowest BCUT2D eigenvalue weighted by atomic mass is 9.77. The van der Waals surface area contributed by atoms with Crippen molar-refractivity contribution in [2.45, 2.75) is 46.1 Å². The van der Waals surface area contributed by atoms with Gasteiger partial charge in [0.15, 0.2) is 0 Å². The largest absolute Gasteiger partial charge is 0.314 e. The zero-order valence-corrected chi connectivity index (χ0v) is 19.4. The van der Waals surface area contributed by atoms with Gasteiger partial charge >= 0.3 is 5.82 Å². The minimum atomic E-state index is -0.255. The molecule has 0 spiro atoms. The third-order valence-corrected chi connectivity index (χ3v) is 7.14. The van der Waals surface area contributed by atoms with Crippen LogP contribution in [0, 0.1) is 13.8 Å². The molecule has 0 N–H and O–H groups in total. The summed E-state index contributed by atoms with van der Waals surface area (Å²) in [6, 6.07) is 25.7. The van der Waals surface area contributed by atoms with Crippen molar-refractivity contribution >= 4 is 5.57 Å². The highest BCUT2D eigenvalue weighted by Crippen LogP contribution is 2.47. The first-order valence-electron chi connectivity index (χ1n) is 11.5. The Labute approximate surface area is 190 Å². The normalized spacial score (nSPS) is 14.2. The Balaban J connectivity index is 1.99. The van der Waals surface area contributed by atoms with Gasteiger partial charge in [0.1, 0.15) is 11.2 Å². The van der Waals surface area contributed by atoms with Crippen LogP contribution in [0.2, 0.25) is 0 Å². The van der Waals surface area contributed by atoms with Gasteiger partial charge in [0.05, 0.1) is 11.1 Å². The lowest BCUT2D eigenvalue weighted by Gasteiger charge is -2.34. The number of fused-ring (bicyclic) bond motifs is 3. The summed E-state index contributed by atoms with van der Waals surface area (Å²) in [5.74, 6) is 2.10. The number of hydrogen-bond acceptors (Lipinski definition) is 1. The summed E-state index contributed by atoms with van der Waals surface area (Å²) in [6.07, 6.45) is 1.87. The molecule has 0 amide bonds. The van der Waals surface area contributed by atoms with Crippen molar-refractivity contribution < 1.29 is 4.57 Å². The highest BCUT2D eigenvalue weighted by Gasteiger charge is 2.49. The molecule has 160 valence electrons. The van der Waals surface area contributed by atoms with Gasteiger partial charge in [-0.25, -0.2) is 0 Å². The standard InChI is InChI=1S/C29H30N3/c1-6-29(7-2)22(5)24-18-11-12-19-25(24)28-31(26-20(3)14-13-15-21(26)4)27(30-32(28)29)23-16-9-8-10-17-23/h8-19H,5-7H2,1-4H3/q+1. The average molecular weight is 421 g/mol. The Morgan fingerprint density at radius 2 is 1.41 bits per heavy atom. The minimum absolute atomic E-state index is 0.255. The van der Waals surface area contributed by atoms with Crippen LogP contribution in [-0.2, 0) is 5.54 Å². The quantitative estimate of drug-likeness (QED) is 0.339. The molecule has 0 atom stereocenters. The van der Waals surface area contributed by atoms with Gasteiger partial charge in [-0.2, -0.15) is 4.57 Å². The van der Waals surface area contributed by atoms with E-state index in [1.54, 1.807) is 0 Å². The number of para-hydroxylation sites is 1. The van der Waals surface area contributed by atoms with Crippen LogP contribution < -0.4 is 4.57 Å². The second-order valence-electron chi connectivity index (χ2n) is 8.76. The van der Waals surface area contributed by atoms with Crippen molar-refractivity contribution in [1.82, 2.24) is 9.78 Å². The van der Waals surface area contributed by atoms with Gasteiger partial charge in [0, 0.05) is 5.10 Å². The molecule has 0 bridgehead atoms. The third-order valence-electron chi connectivity index (χ3n) is 7.14. The van der Waals surface area contributed by atoms with E-state index in [0.717, 1.165) is 35.6 Å². The maximum absolute atomic E-state index is 5.34. The monoisotopic (exact) mass is 420 g/mol. The lowest BCUT2D eigenvalue weighted by Crippen LogP contribution is -2.43. The summed E-state index contributed by atoms with van der Waals surface area (Å²) in [4.78, 5) is 0. The van der Waals surface area contributed by atoms with E-state index in [9.17, 15) is 0 Å². The van der Waals surface area contributed by atoms with Crippen LogP contribution in [0.5, 0.6) is 0 Å². The molecule has 0 saturated heterocycles. The maximum atomic E-state index is 5.34. The first-order chi connectivity index (χ1) is 15.5. The van der Waals surface area contributed by atoms with Crippen LogP contribution in [0.4, 0.5) is 0 Å². The molecule has 1 aromatic heterocycles. The van der Waals surface area contributed by atoms with E-state index in [1.807, 2.05) is 0 Å². The second-order valence-corrected chi connectivity index (χ2v) is 8.76. The second kappa shape index (κ2) is 7.59. The lowest BCUT2D eigenvalue weighted by molar-refractivity contribution is -0.574. The van der Waals surface area contributed by atoms with E-state index < -0.39 is 0 Å². The smallest absolute Gasteiger partial charge is 0.189 e. The van der Waals surface area contributed by atoms with Crippen molar-refractivity contribution in [2.24, 2.45) is 0 Å². The highest BCUT2D eigenvalue weighted by atomic mass is 15.4. The zero-order valence-electron chi connectivity index (χ0n) is 19.4. The first-order valence-corrected chi connectivity index (χ1v) is 11.5. The van der Waals surface area contributed by atoms with Crippen molar-refractivity contribution in [2.75, 3.05) is 0 Å². The number of benzene rings is 3. The summed E-state index contributed by atoms with van der Waals surface area (Å²) in [6.45, 7) is 13.5. The summed E-state index contributed by atoms with van der Waals surface area (Å²) < 4.78 is 4.65. The van der Waals surface area contributed by atoms with Crippen LogP contribution in [0.3, 0.4) is 0 Å². The molecule has 1 aliphatic heterocycles. The van der Waals surface area contributed by atoms with Gasteiger partial charge in [0.2, 0.25) is 0 Å². The number of rotatable bonds is 4. The van der Waals surface area contributed by atoms with Crippen molar-refractivity contribution in [3.05, 3.63) is 96.1 Å². The molecule has 2 heterocycles. The van der Waals surface area contributed by atoms with E-state index >= 15 is 0 Å². The van der Waals surface area contributed by atoms with Gasteiger partial charge in [-0.3, -0.25) is 0 Å². The van der Waals surface area contributed by atoms with Crippen LogP contribution >= 0.6 is 0 Å². The fourth-order valence-corrected chi connectivity index (χ4v) is 5.36. The number of nitrogens with zero attached hydrogens (tertiary/aromatic N) is 3. The number of hydrogen-bond donors (Lipinski definition) is 0. The Morgan fingerprint density at radius 1 is 0.812 bits per heavy atom. The van der Waals surface area contributed by atoms with Crippen LogP contribution in [0.1, 0.15) is 43.4 Å². The maximum Gasteiger partial charge on any atom is 0.314 e. The summed E-state index contributed by atoms with van der Waals surface area (Å²) in [5.41, 5.74) is 8.11. The molecule has 3 aromatic carbocycles. The molecular formula is C29H30N3+. The Kier molecular flexibility index (Phi) is 4.85. The molecule has 1 aliphatic rings. The molecule has 5 rings (SSSR count). The molecule has 3 nitrogen and oxygen atoms in total. The molecule has 0 aliphatic carbocycles. The van der Waals surface area contributed by atoms with Gasteiger partial charge in [-0.1, -0.05) is 79.7 Å². The van der Waals surface area contributed by atoms with Gasteiger partial charge < -0.3 is 0 Å². The summed E-state index contributed by atoms with van der Waals surface area (Å²) >= 11 is 0. The molecular weight excluding hydrogens is 390 g/mol. The van der Waals surface area contributed by atoms with E-state index in [-0.39, 0.29) is 5.54 Å². The first kappa shape index (κ1) is 20.4. The van der Waals surface area contributed by atoms with Gasteiger partial charge in [-0.05, 0) is 67.2 Å². The molecule has 32 heavy (non-hydrogen) atoms. The zero-order chi connectivity index (χ0) is 22.5. The van der Waals surface area contributed by atoms with Crippen LogP contribution in [0.15, 0.2) is 79.4 Å². The molecule has 0 radical (unpaired) electrons.